The Kier molecular flexibility index (Phi) is 2.86. The first kappa shape index (κ1) is 10.5. The molecule has 0 radical (unpaired) electrons. The van der Waals surface area contributed by atoms with E-state index in [0.717, 1.165) is 17.3 Å². The molecule has 3 heteroatoms. The second-order valence-corrected chi connectivity index (χ2v) is 5.03. The highest BCUT2D eigenvalue weighted by Gasteiger charge is 2.56. The zero-order valence-corrected chi connectivity index (χ0v) is 10.3. The molecule has 14 heavy (non-hydrogen) atoms. The highest BCUT2D eigenvalue weighted by Crippen LogP contribution is 2.51. The second kappa shape index (κ2) is 3.83. The van der Waals surface area contributed by atoms with Crippen molar-refractivity contribution >= 4 is 28.6 Å². The van der Waals surface area contributed by atoms with Crippen LogP contribution < -0.4 is 0 Å². The second-order valence-electron chi connectivity index (χ2n) is 4.26. The van der Waals surface area contributed by atoms with E-state index in [4.69, 9.17) is 4.74 Å². The van der Waals surface area contributed by atoms with Gasteiger partial charge in [-0.15, -0.1) is 6.58 Å². The summed E-state index contributed by atoms with van der Waals surface area (Å²) in [6, 6.07) is 0. The highest BCUT2D eigenvalue weighted by molar-refractivity contribution is 14.1. The molecule has 0 aromatic heterocycles. The van der Waals surface area contributed by atoms with Crippen LogP contribution in [-0.4, -0.2) is 16.0 Å². The molecule has 2 fully saturated rings. The molecule has 3 atom stereocenters. The topological polar surface area (TPSA) is 26.3 Å². The third kappa shape index (κ3) is 1.40. The van der Waals surface area contributed by atoms with Gasteiger partial charge in [-0.05, 0) is 19.3 Å². The molecular formula is C11H15IO2. The van der Waals surface area contributed by atoms with Crippen molar-refractivity contribution in [2.75, 3.05) is 4.43 Å². The summed E-state index contributed by atoms with van der Waals surface area (Å²) in [5, 5.41) is 0. The van der Waals surface area contributed by atoms with Gasteiger partial charge in [0, 0.05) is 16.3 Å². The summed E-state index contributed by atoms with van der Waals surface area (Å²) in [5.74, 6) is 0.977. The summed E-state index contributed by atoms with van der Waals surface area (Å²) in [6.07, 6.45) is 5.90. The minimum absolute atomic E-state index is 0.000397. The van der Waals surface area contributed by atoms with Crippen LogP contribution in [0.3, 0.4) is 0 Å². The predicted octanol–water partition coefficient (Wildman–Crippen LogP) is 2.71. The lowest BCUT2D eigenvalue weighted by atomic mass is 9.84. The van der Waals surface area contributed by atoms with Crippen LogP contribution in [0.4, 0.5) is 0 Å². The molecule has 0 spiro atoms. The molecule has 1 aliphatic carbocycles. The lowest BCUT2D eigenvalue weighted by Crippen LogP contribution is -2.40. The van der Waals surface area contributed by atoms with Crippen molar-refractivity contribution in [2.45, 2.75) is 31.3 Å². The van der Waals surface area contributed by atoms with E-state index in [9.17, 15) is 4.79 Å². The Hall–Kier alpha value is -0.0600. The van der Waals surface area contributed by atoms with Gasteiger partial charge in [0.25, 0.3) is 0 Å². The number of allylic oxidation sites excluding steroid dienone is 1. The van der Waals surface area contributed by atoms with E-state index in [-0.39, 0.29) is 11.6 Å². The molecule has 1 saturated heterocycles. The molecule has 0 bridgehead atoms. The number of esters is 1. The Morgan fingerprint density at radius 3 is 3.07 bits per heavy atom. The first-order chi connectivity index (χ1) is 6.73. The number of rotatable bonds is 3. The van der Waals surface area contributed by atoms with Crippen molar-refractivity contribution in [3.8, 4) is 0 Å². The summed E-state index contributed by atoms with van der Waals surface area (Å²) in [7, 11) is 0. The van der Waals surface area contributed by atoms with E-state index in [2.05, 4.69) is 29.2 Å². The van der Waals surface area contributed by atoms with Gasteiger partial charge < -0.3 is 4.74 Å². The average Bonchev–Trinajstić information content (AvgIpc) is 2.63. The maximum absolute atomic E-state index is 11.3. The van der Waals surface area contributed by atoms with Gasteiger partial charge in [-0.1, -0.05) is 28.7 Å². The maximum Gasteiger partial charge on any atom is 0.306 e. The van der Waals surface area contributed by atoms with Crippen LogP contribution in [0.5, 0.6) is 0 Å². The van der Waals surface area contributed by atoms with Crippen LogP contribution in [0, 0.1) is 11.8 Å². The van der Waals surface area contributed by atoms with Crippen molar-refractivity contribution in [1.82, 2.24) is 0 Å². The number of carbonyl (C=O) groups is 1. The number of hydrogen-bond donors (Lipinski definition) is 0. The fourth-order valence-corrected chi connectivity index (χ4v) is 4.29. The van der Waals surface area contributed by atoms with Crippen LogP contribution in [0.1, 0.15) is 25.7 Å². The number of alkyl halides is 1. The van der Waals surface area contributed by atoms with Crippen LogP contribution in [0.25, 0.3) is 0 Å². The van der Waals surface area contributed by atoms with Crippen LogP contribution >= 0.6 is 22.6 Å². The Labute approximate surface area is 98.2 Å². The van der Waals surface area contributed by atoms with Crippen LogP contribution in [0.2, 0.25) is 0 Å². The third-order valence-electron chi connectivity index (χ3n) is 3.62. The van der Waals surface area contributed by atoms with Crippen LogP contribution in [-0.2, 0) is 9.53 Å². The van der Waals surface area contributed by atoms with Gasteiger partial charge in [-0.3, -0.25) is 4.79 Å². The van der Waals surface area contributed by atoms with Crippen molar-refractivity contribution in [1.29, 1.82) is 0 Å². The molecule has 1 saturated carbocycles. The molecule has 2 nitrogen and oxygen atoms in total. The average molecular weight is 306 g/mol. The minimum Gasteiger partial charge on any atom is -0.458 e. The molecule has 0 aromatic rings. The van der Waals surface area contributed by atoms with Crippen molar-refractivity contribution in [2.24, 2.45) is 11.8 Å². The molecule has 0 unspecified atom stereocenters. The number of fused-ring (bicyclic) bond motifs is 1. The van der Waals surface area contributed by atoms with Crippen molar-refractivity contribution in [3.63, 3.8) is 0 Å². The summed E-state index contributed by atoms with van der Waals surface area (Å²) < 4.78 is 6.52. The molecule has 1 aliphatic heterocycles. The van der Waals surface area contributed by atoms with E-state index < -0.39 is 0 Å². The summed E-state index contributed by atoms with van der Waals surface area (Å²) >= 11 is 2.35. The summed E-state index contributed by atoms with van der Waals surface area (Å²) in [4.78, 5) is 11.3. The Morgan fingerprint density at radius 1 is 1.64 bits per heavy atom. The van der Waals surface area contributed by atoms with Gasteiger partial charge in [0.15, 0.2) is 0 Å². The summed E-state index contributed by atoms with van der Waals surface area (Å²) in [5.41, 5.74) is -0.147. The SMILES string of the molecule is C=CC[C@@H]1CC[C@H]2CC(=O)O[C@@]12CI. The normalized spacial score (nSPS) is 40.8. The minimum atomic E-state index is -0.147. The number of carbonyl (C=O) groups excluding carboxylic acids is 1. The molecule has 78 valence electrons. The highest BCUT2D eigenvalue weighted by atomic mass is 127. The van der Waals surface area contributed by atoms with Gasteiger partial charge in [0.05, 0.1) is 6.42 Å². The Bertz CT molecular complexity index is 264. The van der Waals surface area contributed by atoms with Gasteiger partial charge in [0.1, 0.15) is 5.60 Å². The standard InChI is InChI=1S/C11H15IO2/c1-2-3-8-4-5-9-6-10(13)14-11(8,9)7-12/h2,8-9H,1,3-7H2/t8-,9+,11+/m1/s1. The zero-order valence-electron chi connectivity index (χ0n) is 8.17. The van der Waals surface area contributed by atoms with E-state index in [1.807, 2.05) is 6.08 Å². The fourth-order valence-electron chi connectivity index (χ4n) is 2.88. The van der Waals surface area contributed by atoms with Gasteiger partial charge >= 0.3 is 5.97 Å². The van der Waals surface area contributed by atoms with Crippen molar-refractivity contribution in [3.05, 3.63) is 12.7 Å². The smallest absolute Gasteiger partial charge is 0.306 e. The molecule has 0 aromatic carbocycles. The number of ether oxygens (including phenoxy) is 1. The van der Waals surface area contributed by atoms with E-state index >= 15 is 0 Å². The number of halogens is 1. The quantitative estimate of drug-likeness (QED) is 0.347. The number of hydrogen-bond acceptors (Lipinski definition) is 2. The van der Waals surface area contributed by atoms with E-state index in [0.29, 0.717) is 18.3 Å². The molecule has 0 amide bonds. The van der Waals surface area contributed by atoms with E-state index in [1.165, 1.54) is 6.42 Å². The molecule has 2 rings (SSSR count). The Morgan fingerprint density at radius 2 is 2.43 bits per heavy atom. The lowest BCUT2D eigenvalue weighted by Gasteiger charge is -2.31. The van der Waals surface area contributed by atoms with Gasteiger partial charge in [0.2, 0.25) is 0 Å². The monoisotopic (exact) mass is 306 g/mol. The van der Waals surface area contributed by atoms with Crippen LogP contribution in [0.15, 0.2) is 12.7 Å². The zero-order chi connectivity index (χ0) is 10.2. The molecule has 2 aliphatic rings. The summed E-state index contributed by atoms with van der Waals surface area (Å²) in [6.45, 7) is 3.78. The molecule has 1 heterocycles. The van der Waals surface area contributed by atoms with Gasteiger partial charge in [-0.2, -0.15) is 0 Å². The predicted molar refractivity (Wildman–Crippen MR) is 63.4 cm³/mol. The fraction of sp³-hybridized carbons (Fsp3) is 0.727. The first-order valence-electron chi connectivity index (χ1n) is 5.11. The Balaban J connectivity index is 2.22. The largest absolute Gasteiger partial charge is 0.458 e. The third-order valence-corrected chi connectivity index (χ3v) is 4.81. The van der Waals surface area contributed by atoms with E-state index in [1.54, 1.807) is 0 Å². The maximum atomic E-state index is 11.3. The van der Waals surface area contributed by atoms with Crippen molar-refractivity contribution < 1.29 is 9.53 Å². The van der Waals surface area contributed by atoms with Gasteiger partial charge in [-0.25, -0.2) is 0 Å². The lowest BCUT2D eigenvalue weighted by molar-refractivity contribution is -0.150. The molecular weight excluding hydrogens is 291 g/mol. The molecule has 0 N–H and O–H groups in total. The first-order valence-corrected chi connectivity index (χ1v) is 6.64.